The van der Waals surface area contributed by atoms with E-state index < -0.39 is 5.82 Å². The second-order valence-electron chi connectivity index (χ2n) is 6.98. The molecule has 2 aliphatic heterocycles. The molecule has 4 rings (SSSR count). The molecule has 6 nitrogen and oxygen atoms in total. The number of carbonyl (C=O) groups excluding carboxylic acids is 1. The molecule has 1 amide bonds. The summed E-state index contributed by atoms with van der Waals surface area (Å²) in [6, 6.07) is 7.81. The summed E-state index contributed by atoms with van der Waals surface area (Å²) in [5.74, 6) is 1.01. The number of aromatic nitrogens is 2. The van der Waals surface area contributed by atoms with Gasteiger partial charge in [0, 0.05) is 26.2 Å². The van der Waals surface area contributed by atoms with E-state index in [4.69, 9.17) is 4.74 Å². The number of halogens is 1. The highest BCUT2D eigenvalue weighted by Crippen LogP contribution is 2.42. The van der Waals surface area contributed by atoms with E-state index in [1.54, 1.807) is 7.11 Å². The van der Waals surface area contributed by atoms with E-state index in [1.807, 2.05) is 34.1 Å². The quantitative estimate of drug-likeness (QED) is 0.841. The van der Waals surface area contributed by atoms with Crippen LogP contribution >= 0.6 is 0 Å². The lowest BCUT2D eigenvalue weighted by Crippen LogP contribution is -2.37. The lowest BCUT2D eigenvalue weighted by Gasteiger charge is -2.23. The van der Waals surface area contributed by atoms with Gasteiger partial charge in [-0.1, -0.05) is 12.1 Å². The number of ether oxygens (including phenoxy) is 1. The average Bonchev–Trinajstić information content (AvgIpc) is 3.22. The van der Waals surface area contributed by atoms with Crippen LogP contribution < -0.4 is 9.64 Å². The van der Waals surface area contributed by atoms with E-state index in [0.717, 1.165) is 30.7 Å². The van der Waals surface area contributed by atoms with Crippen LogP contribution in [-0.4, -0.2) is 47.5 Å². The molecule has 7 heteroatoms. The molecule has 2 saturated heterocycles. The molecule has 136 valence electrons. The summed E-state index contributed by atoms with van der Waals surface area (Å²) < 4.78 is 18.3. The van der Waals surface area contributed by atoms with Crippen molar-refractivity contribution in [1.29, 1.82) is 0 Å². The van der Waals surface area contributed by atoms with Gasteiger partial charge in [-0.25, -0.2) is 14.4 Å². The van der Waals surface area contributed by atoms with Gasteiger partial charge in [0.15, 0.2) is 5.82 Å². The summed E-state index contributed by atoms with van der Waals surface area (Å²) in [6.07, 6.45) is 3.94. The van der Waals surface area contributed by atoms with Crippen molar-refractivity contribution in [2.45, 2.75) is 19.4 Å². The van der Waals surface area contributed by atoms with Gasteiger partial charge < -0.3 is 14.5 Å². The molecule has 2 aliphatic rings. The van der Waals surface area contributed by atoms with Gasteiger partial charge in [-0.05, 0) is 30.5 Å². The fourth-order valence-corrected chi connectivity index (χ4v) is 3.93. The molecule has 2 aromatic rings. The fourth-order valence-electron chi connectivity index (χ4n) is 3.93. The van der Waals surface area contributed by atoms with Gasteiger partial charge in [0.1, 0.15) is 5.75 Å². The summed E-state index contributed by atoms with van der Waals surface area (Å²) in [4.78, 5) is 25.1. The third kappa shape index (κ3) is 2.98. The largest absolute Gasteiger partial charge is 0.497 e. The van der Waals surface area contributed by atoms with Gasteiger partial charge in [-0.3, -0.25) is 4.79 Å². The first-order chi connectivity index (χ1) is 12.6. The molecule has 3 heterocycles. The molecule has 1 aromatic heterocycles. The SMILES string of the molecule is COc1cccc(CN2CC[C@]3(CCN(c4ncc(F)cn4)C3)C2=O)c1. The number of likely N-dealkylation sites (tertiary alicyclic amines) is 1. The van der Waals surface area contributed by atoms with Crippen LogP contribution in [-0.2, 0) is 11.3 Å². The van der Waals surface area contributed by atoms with Crippen molar-refractivity contribution in [1.82, 2.24) is 14.9 Å². The van der Waals surface area contributed by atoms with Crippen LogP contribution in [0.15, 0.2) is 36.7 Å². The van der Waals surface area contributed by atoms with E-state index >= 15 is 0 Å². The molecule has 26 heavy (non-hydrogen) atoms. The van der Waals surface area contributed by atoms with Crippen LogP contribution in [0.5, 0.6) is 5.75 Å². The molecule has 2 fully saturated rings. The van der Waals surface area contributed by atoms with Crippen LogP contribution in [0.25, 0.3) is 0 Å². The van der Waals surface area contributed by atoms with Crippen molar-refractivity contribution >= 4 is 11.9 Å². The minimum Gasteiger partial charge on any atom is -0.497 e. The number of nitrogens with zero attached hydrogens (tertiary/aromatic N) is 4. The molecule has 1 atom stereocenters. The molecule has 0 N–H and O–H groups in total. The Kier molecular flexibility index (Phi) is 4.22. The van der Waals surface area contributed by atoms with E-state index in [9.17, 15) is 9.18 Å². The molecule has 1 spiro atoms. The lowest BCUT2D eigenvalue weighted by molar-refractivity contribution is -0.135. The summed E-state index contributed by atoms with van der Waals surface area (Å²) >= 11 is 0. The zero-order valence-electron chi connectivity index (χ0n) is 14.7. The molecular formula is C19H21FN4O2. The highest BCUT2D eigenvalue weighted by molar-refractivity contribution is 5.86. The monoisotopic (exact) mass is 356 g/mol. The Morgan fingerprint density at radius 3 is 2.77 bits per heavy atom. The molecule has 0 bridgehead atoms. The van der Waals surface area contributed by atoms with Crippen molar-refractivity contribution < 1.29 is 13.9 Å². The van der Waals surface area contributed by atoms with Crippen LogP contribution in [0.2, 0.25) is 0 Å². The number of benzene rings is 1. The fraction of sp³-hybridized carbons (Fsp3) is 0.421. The minimum absolute atomic E-state index is 0.185. The first kappa shape index (κ1) is 16.8. The first-order valence-corrected chi connectivity index (χ1v) is 8.74. The van der Waals surface area contributed by atoms with Gasteiger partial charge in [-0.2, -0.15) is 0 Å². The summed E-state index contributed by atoms with van der Waals surface area (Å²) in [6.45, 7) is 2.63. The summed E-state index contributed by atoms with van der Waals surface area (Å²) in [7, 11) is 1.64. The lowest BCUT2D eigenvalue weighted by atomic mass is 9.85. The van der Waals surface area contributed by atoms with Gasteiger partial charge in [-0.15, -0.1) is 0 Å². The maximum atomic E-state index is 13.1. The predicted octanol–water partition coefficient (Wildman–Crippen LogP) is 2.25. The van der Waals surface area contributed by atoms with Crippen LogP contribution in [0, 0.1) is 11.2 Å². The number of methoxy groups -OCH3 is 1. The number of amides is 1. The van der Waals surface area contributed by atoms with Crippen LogP contribution in [0.4, 0.5) is 10.3 Å². The second kappa shape index (κ2) is 6.55. The van der Waals surface area contributed by atoms with Crippen molar-refractivity contribution in [2.24, 2.45) is 5.41 Å². The van der Waals surface area contributed by atoms with Crippen LogP contribution in [0.1, 0.15) is 18.4 Å². The van der Waals surface area contributed by atoms with Gasteiger partial charge >= 0.3 is 0 Å². The highest BCUT2D eigenvalue weighted by atomic mass is 19.1. The molecule has 0 unspecified atom stereocenters. The third-order valence-corrected chi connectivity index (χ3v) is 5.35. The Hall–Kier alpha value is -2.70. The van der Waals surface area contributed by atoms with E-state index in [-0.39, 0.29) is 11.3 Å². The molecule has 0 saturated carbocycles. The predicted molar refractivity (Wildman–Crippen MR) is 94.3 cm³/mol. The average molecular weight is 356 g/mol. The maximum absolute atomic E-state index is 13.1. The Labute approximate surface area is 151 Å². The van der Waals surface area contributed by atoms with Crippen molar-refractivity contribution in [2.75, 3.05) is 31.6 Å². The molecule has 0 aliphatic carbocycles. The topological polar surface area (TPSA) is 58.6 Å². The number of carbonyl (C=O) groups is 1. The number of rotatable bonds is 4. The smallest absolute Gasteiger partial charge is 0.231 e. The maximum Gasteiger partial charge on any atom is 0.231 e. The normalized spacial score (nSPS) is 22.5. The minimum atomic E-state index is -0.455. The number of anilines is 1. The molecule has 1 aromatic carbocycles. The Morgan fingerprint density at radius 2 is 2.00 bits per heavy atom. The highest BCUT2D eigenvalue weighted by Gasteiger charge is 2.51. The van der Waals surface area contributed by atoms with Crippen LogP contribution in [0.3, 0.4) is 0 Å². The van der Waals surface area contributed by atoms with Gasteiger partial charge in [0.05, 0.1) is 24.9 Å². The van der Waals surface area contributed by atoms with E-state index in [1.165, 1.54) is 12.4 Å². The van der Waals surface area contributed by atoms with Crippen molar-refractivity contribution in [3.63, 3.8) is 0 Å². The second-order valence-corrected chi connectivity index (χ2v) is 6.98. The number of hydrogen-bond donors (Lipinski definition) is 0. The Bertz CT molecular complexity index is 813. The summed E-state index contributed by atoms with van der Waals surface area (Å²) in [5.41, 5.74) is 0.683. The zero-order chi connectivity index (χ0) is 18.1. The van der Waals surface area contributed by atoms with Crippen molar-refractivity contribution in [3.05, 3.63) is 48.0 Å². The first-order valence-electron chi connectivity index (χ1n) is 8.74. The van der Waals surface area contributed by atoms with Gasteiger partial charge in [0.2, 0.25) is 11.9 Å². The van der Waals surface area contributed by atoms with Crippen molar-refractivity contribution in [3.8, 4) is 5.75 Å². The molecular weight excluding hydrogens is 335 g/mol. The zero-order valence-corrected chi connectivity index (χ0v) is 14.7. The van der Waals surface area contributed by atoms with E-state index in [0.29, 0.717) is 25.6 Å². The Morgan fingerprint density at radius 1 is 1.23 bits per heavy atom. The summed E-state index contributed by atoms with van der Waals surface area (Å²) in [5, 5.41) is 0. The standard InChI is InChI=1S/C19H21FN4O2/c1-26-16-4-2-3-14(9-16)12-23-7-5-19(17(23)25)6-8-24(13-19)18-21-10-15(20)11-22-18/h2-4,9-11H,5-8,12-13H2,1H3/t19-/m1/s1. The molecule has 0 radical (unpaired) electrons. The number of hydrogen-bond acceptors (Lipinski definition) is 5. The Balaban J connectivity index is 1.46. The van der Waals surface area contributed by atoms with E-state index in [2.05, 4.69) is 9.97 Å². The van der Waals surface area contributed by atoms with Gasteiger partial charge in [0.25, 0.3) is 0 Å². The third-order valence-electron chi connectivity index (χ3n) is 5.35.